The predicted octanol–water partition coefficient (Wildman–Crippen LogP) is 0.333. The number of nitrogens with two attached hydrogens (primary N) is 1. The minimum absolute atomic E-state index is 0.0502. The van der Waals surface area contributed by atoms with E-state index >= 15 is 0 Å². The summed E-state index contributed by atoms with van der Waals surface area (Å²) in [5.41, 5.74) is 7.20. The molecular weight excluding hydrogens is 310 g/mol. The molecule has 1 aliphatic carbocycles. The van der Waals surface area contributed by atoms with Crippen molar-refractivity contribution in [2.45, 2.75) is 38.6 Å². The molecule has 24 heavy (non-hydrogen) atoms. The van der Waals surface area contributed by atoms with Crippen molar-refractivity contribution in [1.29, 1.82) is 0 Å². The standard InChI is InChI=1S/C16H19N5O3/c1-7-3-11(14(23)18-8(7)2)15(24)19-10-4-9(5-10)12-6-13(22)21-16(17)20-12/h3,6,9-10H,4-5H2,1-2H3,(H,18,23)(H,19,24)(H3,17,20,21,22). The van der Waals surface area contributed by atoms with Crippen LogP contribution in [0.4, 0.5) is 5.95 Å². The number of nitrogens with one attached hydrogen (secondary N) is 3. The van der Waals surface area contributed by atoms with Gasteiger partial charge in [0, 0.05) is 23.7 Å². The highest BCUT2D eigenvalue weighted by Crippen LogP contribution is 2.35. The number of aromatic nitrogens is 3. The van der Waals surface area contributed by atoms with Gasteiger partial charge in [-0.25, -0.2) is 4.98 Å². The minimum atomic E-state index is -0.393. The topological polar surface area (TPSA) is 134 Å². The van der Waals surface area contributed by atoms with Crippen LogP contribution in [0, 0.1) is 13.8 Å². The van der Waals surface area contributed by atoms with E-state index in [1.54, 1.807) is 13.0 Å². The van der Waals surface area contributed by atoms with Crippen LogP contribution in [0.25, 0.3) is 0 Å². The second kappa shape index (κ2) is 5.95. The number of carbonyl (C=O) groups excluding carboxylic acids is 1. The molecule has 3 rings (SSSR count). The van der Waals surface area contributed by atoms with Gasteiger partial charge in [0.05, 0.1) is 5.69 Å². The molecule has 0 bridgehead atoms. The summed E-state index contributed by atoms with van der Waals surface area (Å²) in [4.78, 5) is 44.8. The zero-order valence-electron chi connectivity index (χ0n) is 13.5. The highest BCUT2D eigenvalue weighted by Gasteiger charge is 2.33. The van der Waals surface area contributed by atoms with Crippen LogP contribution in [0.5, 0.6) is 0 Å². The molecule has 1 amide bonds. The van der Waals surface area contributed by atoms with Gasteiger partial charge in [0.25, 0.3) is 17.0 Å². The van der Waals surface area contributed by atoms with Crippen LogP contribution in [-0.2, 0) is 0 Å². The molecular formula is C16H19N5O3. The fourth-order valence-electron chi connectivity index (χ4n) is 2.84. The number of nitrogen functional groups attached to an aromatic ring is 1. The molecule has 0 unspecified atom stereocenters. The Hall–Kier alpha value is -2.90. The lowest BCUT2D eigenvalue weighted by atomic mass is 9.78. The molecule has 0 spiro atoms. The van der Waals surface area contributed by atoms with E-state index in [4.69, 9.17) is 5.73 Å². The van der Waals surface area contributed by atoms with E-state index in [1.807, 2.05) is 6.92 Å². The monoisotopic (exact) mass is 329 g/mol. The highest BCUT2D eigenvalue weighted by atomic mass is 16.2. The van der Waals surface area contributed by atoms with Crippen LogP contribution in [0.15, 0.2) is 21.7 Å². The maximum Gasteiger partial charge on any atom is 0.261 e. The van der Waals surface area contributed by atoms with Crippen LogP contribution in [0.1, 0.15) is 46.1 Å². The predicted molar refractivity (Wildman–Crippen MR) is 89.0 cm³/mol. The number of nitrogens with zero attached hydrogens (tertiary/aromatic N) is 1. The average molecular weight is 329 g/mol. The number of anilines is 1. The van der Waals surface area contributed by atoms with Crippen LogP contribution >= 0.6 is 0 Å². The Bertz CT molecular complexity index is 909. The Morgan fingerprint density at radius 2 is 1.96 bits per heavy atom. The second-order valence-electron chi connectivity index (χ2n) is 6.21. The van der Waals surface area contributed by atoms with E-state index in [0.717, 1.165) is 11.3 Å². The van der Waals surface area contributed by atoms with Crippen LogP contribution in [0.3, 0.4) is 0 Å². The zero-order valence-corrected chi connectivity index (χ0v) is 13.5. The van der Waals surface area contributed by atoms with Crippen molar-refractivity contribution < 1.29 is 4.79 Å². The highest BCUT2D eigenvalue weighted by molar-refractivity contribution is 5.94. The molecule has 8 heteroatoms. The number of hydrogen-bond donors (Lipinski definition) is 4. The summed E-state index contributed by atoms with van der Waals surface area (Å²) in [6, 6.07) is 2.97. The van der Waals surface area contributed by atoms with Gasteiger partial charge in [0.2, 0.25) is 5.95 Å². The Balaban J connectivity index is 1.65. The summed E-state index contributed by atoms with van der Waals surface area (Å²) in [6.45, 7) is 3.62. The molecule has 0 saturated heterocycles. The van der Waals surface area contributed by atoms with Gasteiger partial charge in [-0.2, -0.15) is 0 Å². The Labute approximate surface area is 137 Å². The van der Waals surface area contributed by atoms with Crippen LogP contribution in [0.2, 0.25) is 0 Å². The lowest BCUT2D eigenvalue weighted by molar-refractivity contribution is 0.0906. The second-order valence-corrected chi connectivity index (χ2v) is 6.21. The number of pyridine rings is 1. The summed E-state index contributed by atoms with van der Waals surface area (Å²) < 4.78 is 0. The van der Waals surface area contributed by atoms with Gasteiger partial charge in [-0.1, -0.05) is 0 Å². The van der Waals surface area contributed by atoms with E-state index in [0.29, 0.717) is 18.5 Å². The maximum atomic E-state index is 12.3. The molecule has 0 radical (unpaired) electrons. The maximum absolute atomic E-state index is 12.3. The lowest BCUT2D eigenvalue weighted by Gasteiger charge is -2.35. The van der Waals surface area contributed by atoms with Crippen LogP contribution in [-0.4, -0.2) is 26.9 Å². The summed E-state index contributed by atoms with van der Waals surface area (Å²) in [5.74, 6) is -0.217. The molecule has 126 valence electrons. The number of H-pyrrole nitrogens is 2. The van der Waals surface area contributed by atoms with Gasteiger partial charge < -0.3 is 16.0 Å². The van der Waals surface area contributed by atoms with E-state index < -0.39 is 5.56 Å². The van der Waals surface area contributed by atoms with Crippen molar-refractivity contribution in [3.05, 3.63) is 55.4 Å². The third kappa shape index (κ3) is 3.08. The number of rotatable bonds is 3. The molecule has 1 saturated carbocycles. The number of amides is 1. The van der Waals surface area contributed by atoms with Gasteiger partial charge in [0.15, 0.2) is 0 Å². The summed E-state index contributed by atoms with van der Waals surface area (Å²) >= 11 is 0. The lowest BCUT2D eigenvalue weighted by Crippen LogP contribution is -2.45. The fraction of sp³-hybridized carbons (Fsp3) is 0.375. The molecule has 1 fully saturated rings. The average Bonchev–Trinajstić information content (AvgIpc) is 2.44. The third-order valence-corrected chi connectivity index (χ3v) is 4.41. The summed E-state index contributed by atoms with van der Waals surface area (Å²) in [6.07, 6.45) is 1.31. The third-order valence-electron chi connectivity index (χ3n) is 4.41. The Kier molecular flexibility index (Phi) is 3.96. The van der Waals surface area contributed by atoms with Crippen molar-refractivity contribution in [2.75, 3.05) is 5.73 Å². The van der Waals surface area contributed by atoms with Crippen molar-refractivity contribution in [1.82, 2.24) is 20.3 Å². The molecule has 1 aliphatic rings. The van der Waals surface area contributed by atoms with Gasteiger partial charge >= 0.3 is 0 Å². The molecule has 0 atom stereocenters. The number of aryl methyl sites for hydroxylation is 2. The van der Waals surface area contributed by atoms with E-state index in [2.05, 4.69) is 20.3 Å². The number of aromatic amines is 2. The normalized spacial score (nSPS) is 19.6. The van der Waals surface area contributed by atoms with E-state index in [-0.39, 0.29) is 34.9 Å². The summed E-state index contributed by atoms with van der Waals surface area (Å²) in [5, 5.41) is 2.85. The zero-order chi connectivity index (χ0) is 17.4. The quantitative estimate of drug-likeness (QED) is 0.644. The van der Waals surface area contributed by atoms with E-state index in [9.17, 15) is 14.4 Å². The summed E-state index contributed by atoms with van der Waals surface area (Å²) in [7, 11) is 0. The smallest absolute Gasteiger partial charge is 0.261 e. The van der Waals surface area contributed by atoms with Crippen molar-refractivity contribution in [3.8, 4) is 0 Å². The molecule has 0 aliphatic heterocycles. The SMILES string of the molecule is Cc1cc(C(=O)NC2CC(c3cc(=O)[nH]c(N)n3)C2)c(=O)[nH]c1C. The molecule has 2 aromatic rings. The van der Waals surface area contributed by atoms with E-state index in [1.165, 1.54) is 6.07 Å². The number of carbonyl (C=O) groups is 1. The molecule has 2 aromatic heterocycles. The molecule has 8 nitrogen and oxygen atoms in total. The largest absolute Gasteiger partial charge is 0.369 e. The van der Waals surface area contributed by atoms with Gasteiger partial charge in [-0.15, -0.1) is 0 Å². The first-order chi connectivity index (χ1) is 11.3. The van der Waals surface area contributed by atoms with Gasteiger partial charge in [-0.3, -0.25) is 19.4 Å². The molecule has 5 N–H and O–H groups in total. The van der Waals surface area contributed by atoms with Crippen LogP contribution < -0.4 is 22.2 Å². The Morgan fingerprint density at radius 1 is 1.25 bits per heavy atom. The van der Waals surface area contributed by atoms with Crippen molar-refractivity contribution in [3.63, 3.8) is 0 Å². The van der Waals surface area contributed by atoms with Gasteiger partial charge in [0.1, 0.15) is 5.56 Å². The fourth-order valence-corrected chi connectivity index (χ4v) is 2.84. The van der Waals surface area contributed by atoms with Gasteiger partial charge in [-0.05, 0) is 38.3 Å². The first kappa shape index (κ1) is 16.0. The minimum Gasteiger partial charge on any atom is -0.369 e. The molecule has 2 heterocycles. The van der Waals surface area contributed by atoms with Crippen molar-refractivity contribution >= 4 is 11.9 Å². The first-order valence-electron chi connectivity index (χ1n) is 7.71. The Morgan fingerprint density at radius 3 is 2.62 bits per heavy atom. The molecule has 0 aromatic carbocycles. The number of hydrogen-bond acceptors (Lipinski definition) is 5. The van der Waals surface area contributed by atoms with Crippen molar-refractivity contribution in [2.24, 2.45) is 0 Å². The first-order valence-corrected chi connectivity index (χ1v) is 7.71.